The maximum atomic E-state index is 12.7. The molecule has 4 rings (SSSR count). The fourth-order valence-electron chi connectivity index (χ4n) is 3.31. The lowest BCUT2D eigenvalue weighted by Crippen LogP contribution is -2.36. The van der Waals surface area contributed by atoms with Crippen LogP contribution < -0.4 is 15.8 Å². The minimum Gasteiger partial charge on any atom is -0.346 e. The first-order valence-electron chi connectivity index (χ1n) is 9.38. The zero-order valence-electron chi connectivity index (χ0n) is 15.6. The van der Waals surface area contributed by atoms with Crippen molar-refractivity contribution >= 4 is 28.7 Å². The highest BCUT2D eigenvalue weighted by Crippen LogP contribution is 2.24. The molecule has 28 heavy (non-hydrogen) atoms. The highest BCUT2D eigenvalue weighted by Gasteiger charge is 2.27. The van der Waals surface area contributed by atoms with Crippen LogP contribution in [0.2, 0.25) is 0 Å². The van der Waals surface area contributed by atoms with E-state index in [1.807, 2.05) is 19.1 Å². The second kappa shape index (κ2) is 8.14. The van der Waals surface area contributed by atoms with Crippen LogP contribution in [0, 0.1) is 0 Å². The van der Waals surface area contributed by atoms with E-state index >= 15 is 0 Å². The van der Waals surface area contributed by atoms with E-state index < -0.39 is 6.04 Å². The number of amides is 1. The highest BCUT2D eigenvalue weighted by atomic mass is 32.2. The second-order valence-electron chi connectivity index (χ2n) is 6.92. The number of pyridine rings is 1. The zero-order valence-corrected chi connectivity index (χ0v) is 16.4. The number of carbonyl (C=O) groups excluding carboxylic acids is 1. The molecule has 0 saturated carbocycles. The number of aliphatic imine (C=N–C) groups is 1. The topological polar surface area (TPSA) is 103 Å². The molecule has 8 nitrogen and oxygen atoms in total. The average molecular weight is 398 g/mol. The Morgan fingerprint density at radius 2 is 2.07 bits per heavy atom. The number of carbonyl (C=O) groups is 1. The fourth-order valence-corrected chi connectivity index (χ4v) is 4.35. The second-order valence-corrected chi connectivity index (χ2v) is 7.92. The molecule has 1 fully saturated rings. The van der Waals surface area contributed by atoms with Crippen LogP contribution in [0.3, 0.4) is 0 Å². The van der Waals surface area contributed by atoms with Crippen molar-refractivity contribution in [1.29, 1.82) is 0 Å². The van der Waals surface area contributed by atoms with Gasteiger partial charge in [0.25, 0.3) is 5.56 Å². The minimum atomic E-state index is -0.448. The third kappa shape index (κ3) is 4.09. The summed E-state index contributed by atoms with van der Waals surface area (Å²) in [7, 11) is 0. The molecular weight excluding hydrogens is 376 g/mol. The van der Waals surface area contributed by atoms with E-state index in [2.05, 4.69) is 30.2 Å². The van der Waals surface area contributed by atoms with Crippen molar-refractivity contribution in [3.05, 3.63) is 52.2 Å². The summed E-state index contributed by atoms with van der Waals surface area (Å²) >= 11 is 1.56. The van der Waals surface area contributed by atoms with E-state index in [-0.39, 0.29) is 17.5 Å². The van der Waals surface area contributed by atoms with Gasteiger partial charge in [-0.1, -0.05) is 0 Å². The SMILES string of the molecule is C[C@@H](NC(=O)[C@H]1CSC(c2ccncc2)=N1)c1cc(=O)[nH]c(N2CCCC2)n1. The van der Waals surface area contributed by atoms with Crippen LogP contribution >= 0.6 is 11.8 Å². The van der Waals surface area contributed by atoms with Crippen LogP contribution in [-0.2, 0) is 4.79 Å². The smallest absolute Gasteiger partial charge is 0.252 e. The van der Waals surface area contributed by atoms with E-state index in [1.165, 1.54) is 6.07 Å². The highest BCUT2D eigenvalue weighted by molar-refractivity contribution is 8.14. The van der Waals surface area contributed by atoms with Crippen LogP contribution in [0.4, 0.5) is 5.95 Å². The van der Waals surface area contributed by atoms with Gasteiger partial charge >= 0.3 is 0 Å². The van der Waals surface area contributed by atoms with E-state index in [0.717, 1.165) is 36.5 Å². The Bertz CT molecular complexity index is 939. The van der Waals surface area contributed by atoms with Gasteiger partial charge < -0.3 is 10.2 Å². The zero-order chi connectivity index (χ0) is 19.5. The van der Waals surface area contributed by atoms with E-state index in [0.29, 0.717) is 17.4 Å². The van der Waals surface area contributed by atoms with Gasteiger partial charge in [-0.05, 0) is 31.9 Å². The summed E-state index contributed by atoms with van der Waals surface area (Å²) in [4.78, 5) is 42.7. The molecule has 2 aliphatic rings. The van der Waals surface area contributed by atoms with Crippen LogP contribution in [0.1, 0.15) is 37.1 Å². The Kier molecular flexibility index (Phi) is 5.43. The summed E-state index contributed by atoms with van der Waals surface area (Å²) in [6, 6.07) is 4.39. The van der Waals surface area contributed by atoms with Crippen molar-refractivity contribution in [2.75, 3.05) is 23.7 Å². The van der Waals surface area contributed by atoms with E-state index in [1.54, 1.807) is 24.2 Å². The molecule has 4 heterocycles. The van der Waals surface area contributed by atoms with Gasteiger partial charge in [-0.15, -0.1) is 11.8 Å². The molecule has 1 amide bonds. The number of nitrogens with zero attached hydrogens (tertiary/aromatic N) is 4. The van der Waals surface area contributed by atoms with Gasteiger partial charge in [0.1, 0.15) is 6.04 Å². The Hall–Kier alpha value is -2.68. The molecule has 0 unspecified atom stereocenters. The number of H-pyrrole nitrogens is 1. The van der Waals surface area contributed by atoms with E-state index in [4.69, 9.17) is 0 Å². The molecular formula is C19H22N6O2S. The van der Waals surface area contributed by atoms with Crippen LogP contribution in [0.15, 0.2) is 40.4 Å². The number of nitrogens with one attached hydrogen (secondary N) is 2. The van der Waals surface area contributed by atoms with E-state index in [9.17, 15) is 9.59 Å². The lowest BCUT2D eigenvalue weighted by molar-refractivity contribution is -0.122. The number of rotatable bonds is 5. The lowest BCUT2D eigenvalue weighted by Gasteiger charge is -2.19. The van der Waals surface area contributed by atoms with Crippen molar-refractivity contribution in [3.63, 3.8) is 0 Å². The number of aromatic nitrogens is 3. The minimum absolute atomic E-state index is 0.158. The van der Waals surface area contributed by atoms with Crippen molar-refractivity contribution in [2.45, 2.75) is 31.8 Å². The van der Waals surface area contributed by atoms with Crippen LogP contribution in [-0.4, -0.2) is 50.8 Å². The van der Waals surface area contributed by atoms with Gasteiger partial charge in [0.2, 0.25) is 11.9 Å². The van der Waals surface area contributed by atoms with Gasteiger partial charge in [0.05, 0.1) is 16.8 Å². The Morgan fingerprint density at radius 1 is 1.32 bits per heavy atom. The van der Waals surface area contributed by atoms with Gasteiger partial charge in [-0.2, -0.15) is 0 Å². The molecule has 0 radical (unpaired) electrons. The molecule has 1 saturated heterocycles. The van der Waals surface area contributed by atoms with Crippen LogP contribution in [0.25, 0.3) is 0 Å². The standard InChI is InChI=1S/C19H22N6O2S/c1-12(14-10-16(26)24-19(23-14)25-8-2-3-9-25)21-17(27)15-11-28-18(22-15)13-4-6-20-7-5-13/h4-7,10,12,15H,2-3,8-9,11H2,1H3,(H,21,27)(H,23,24,26)/t12-,15-/m1/s1. The molecule has 146 valence electrons. The molecule has 0 bridgehead atoms. The maximum Gasteiger partial charge on any atom is 0.252 e. The van der Waals surface area contributed by atoms with Crippen LogP contribution in [0.5, 0.6) is 0 Å². The first-order valence-corrected chi connectivity index (χ1v) is 10.4. The molecule has 0 aliphatic carbocycles. The molecule has 0 spiro atoms. The summed E-state index contributed by atoms with van der Waals surface area (Å²) in [5.74, 6) is 1.02. The third-order valence-electron chi connectivity index (χ3n) is 4.84. The summed E-state index contributed by atoms with van der Waals surface area (Å²) in [5, 5.41) is 3.80. The number of anilines is 1. The first-order chi connectivity index (χ1) is 13.6. The number of aromatic amines is 1. The first kappa shape index (κ1) is 18.7. The molecule has 2 aromatic rings. The maximum absolute atomic E-state index is 12.7. The summed E-state index contributed by atoms with van der Waals surface area (Å²) < 4.78 is 0. The van der Waals surface area contributed by atoms with Crippen molar-refractivity contribution < 1.29 is 4.79 Å². The predicted octanol–water partition coefficient (Wildman–Crippen LogP) is 1.50. The third-order valence-corrected chi connectivity index (χ3v) is 5.93. The summed E-state index contributed by atoms with van der Waals surface area (Å²) in [6.45, 7) is 3.61. The number of hydrogen-bond acceptors (Lipinski definition) is 7. The molecule has 2 atom stereocenters. The van der Waals surface area contributed by atoms with Crippen molar-refractivity contribution in [2.24, 2.45) is 4.99 Å². The predicted molar refractivity (Wildman–Crippen MR) is 110 cm³/mol. The summed E-state index contributed by atoms with van der Waals surface area (Å²) in [5.41, 5.74) is 1.32. The Morgan fingerprint density at radius 3 is 2.82 bits per heavy atom. The Labute approximate surface area is 166 Å². The largest absolute Gasteiger partial charge is 0.346 e. The molecule has 9 heteroatoms. The molecule has 0 aromatic carbocycles. The van der Waals surface area contributed by atoms with Gasteiger partial charge in [-0.3, -0.25) is 24.5 Å². The lowest BCUT2D eigenvalue weighted by atomic mass is 10.2. The van der Waals surface area contributed by atoms with Crippen molar-refractivity contribution in [3.8, 4) is 0 Å². The molecule has 2 aliphatic heterocycles. The molecule has 2 aromatic heterocycles. The van der Waals surface area contributed by atoms with Gasteiger partial charge in [0, 0.05) is 42.9 Å². The normalized spacial score (nSPS) is 20.1. The Balaban J connectivity index is 1.45. The average Bonchev–Trinajstić information content (AvgIpc) is 3.40. The van der Waals surface area contributed by atoms with Crippen molar-refractivity contribution in [1.82, 2.24) is 20.3 Å². The van der Waals surface area contributed by atoms with Gasteiger partial charge in [0.15, 0.2) is 0 Å². The van der Waals surface area contributed by atoms with Gasteiger partial charge in [-0.25, -0.2) is 4.98 Å². The number of thioether (sulfide) groups is 1. The fraction of sp³-hybridized carbons (Fsp3) is 0.421. The number of hydrogen-bond donors (Lipinski definition) is 2. The monoisotopic (exact) mass is 398 g/mol. The quantitative estimate of drug-likeness (QED) is 0.791. The summed E-state index contributed by atoms with van der Waals surface area (Å²) in [6.07, 6.45) is 5.61. The molecule has 2 N–H and O–H groups in total.